The van der Waals surface area contributed by atoms with E-state index >= 15 is 0 Å². The predicted octanol–water partition coefficient (Wildman–Crippen LogP) is 3.71. The molecule has 0 unspecified atom stereocenters. The van der Waals surface area contributed by atoms with Gasteiger partial charge in [0.05, 0.1) is 27.3 Å². The summed E-state index contributed by atoms with van der Waals surface area (Å²) in [4.78, 5) is 18.7. The van der Waals surface area contributed by atoms with E-state index in [2.05, 4.69) is 19.9 Å². The van der Waals surface area contributed by atoms with Gasteiger partial charge in [-0.3, -0.25) is 15.0 Å². The van der Waals surface area contributed by atoms with E-state index in [4.69, 9.17) is 5.73 Å². The number of benzene rings is 1. The van der Waals surface area contributed by atoms with Gasteiger partial charge in [-0.15, -0.1) is 0 Å². The Balaban J connectivity index is 1.91. The summed E-state index contributed by atoms with van der Waals surface area (Å²) in [6.07, 6.45) is 3.37. The summed E-state index contributed by atoms with van der Waals surface area (Å²) in [5.41, 5.74) is 11.3. The molecule has 0 aliphatic heterocycles. The maximum absolute atomic E-state index is 5.96. The van der Waals surface area contributed by atoms with Crippen molar-refractivity contribution in [3.8, 4) is 21.8 Å². The Morgan fingerprint density at radius 2 is 1.78 bits per heavy atom. The number of aromatic nitrogens is 4. The first-order chi connectivity index (χ1) is 11.2. The molecular weight excluding hydrogens is 306 g/mol. The SMILES string of the molecule is Cc1cccc(-c2sc(N)nc2-c2ccc3nccnc3c2)n1. The van der Waals surface area contributed by atoms with Gasteiger partial charge in [-0.1, -0.05) is 23.5 Å². The van der Waals surface area contributed by atoms with Crippen LogP contribution in [0.5, 0.6) is 0 Å². The van der Waals surface area contributed by atoms with Crippen molar-refractivity contribution in [1.82, 2.24) is 19.9 Å². The molecular formula is C17H13N5S. The number of anilines is 1. The topological polar surface area (TPSA) is 77.6 Å². The van der Waals surface area contributed by atoms with E-state index < -0.39 is 0 Å². The summed E-state index contributed by atoms with van der Waals surface area (Å²) in [5, 5.41) is 0.526. The Kier molecular flexibility index (Phi) is 3.24. The molecule has 1 aromatic carbocycles. The first kappa shape index (κ1) is 13.8. The first-order valence-electron chi connectivity index (χ1n) is 7.12. The fourth-order valence-corrected chi connectivity index (χ4v) is 3.31. The van der Waals surface area contributed by atoms with Crippen molar-refractivity contribution in [1.29, 1.82) is 0 Å². The normalized spacial score (nSPS) is 11.0. The van der Waals surface area contributed by atoms with Crippen LogP contribution in [0.1, 0.15) is 5.69 Å². The summed E-state index contributed by atoms with van der Waals surface area (Å²) >= 11 is 1.44. The number of pyridine rings is 1. The number of rotatable bonds is 2. The first-order valence-corrected chi connectivity index (χ1v) is 7.94. The number of hydrogen-bond donors (Lipinski definition) is 1. The molecule has 4 rings (SSSR count). The van der Waals surface area contributed by atoms with Gasteiger partial charge in [0.25, 0.3) is 0 Å². The third-order valence-electron chi connectivity index (χ3n) is 3.51. The lowest BCUT2D eigenvalue weighted by molar-refractivity contribution is 1.21. The Bertz CT molecular complexity index is 1010. The zero-order valence-electron chi connectivity index (χ0n) is 12.4. The molecule has 0 fully saturated rings. The van der Waals surface area contributed by atoms with Crippen LogP contribution in [0.15, 0.2) is 48.8 Å². The van der Waals surface area contributed by atoms with Crippen LogP contribution in [0.3, 0.4) is 0 Å². The van der Waals surface area contributed by atoms with Gasteiger partial charge in [0.15, 0.2) is 5.13 Å². The Hall–Kier alpha value is -2.86. The van der Waals surface area contributed by atoms with Crippen LogP contribution in [0.25, 0.3) is 32.9 Å². The summed E-state index contributed by atoms with van der Waals surface area (Å²) < 4.78 is 0. The molecule has 6 heteroatoms. The second-order valence-corrected chi connectivity index (χ2v) is 6.18. The van der Waals surface area contributed by atoms with E-state index in [1.165, 1.54) is 11.3 Å². The van der Waals surface area contributed by atoms with Crippen LogP contribution in [-0.2, 0) is 0 Å². The van der Waals surface area contributed by atoms with Crippen molar-refractivity contribution in [3.63, 3.8) is 0 Å². The van der Waals surface area contributed by atoms with Crippen LogP contribution >= 0.6 is 11.3 Å². The molecule has 112 valence electrons. The Labute approximate surface area is 136 Å². The largest absolute Gasteiger partial charge is 0.375 e. The lowest BCUT2D eigenvalue weighted by Crippen LogP contribution is -1.89. The monoisotopic (exact) mass is 319 g/mol. The standard InChI is InChI=1S/C17H13N5S/c1-10-3-2-4-13(21-10)16-15(22-17(18)23-16)11-5-6-12-14(9-11)20-8-7-19-12/h2-9H,1H3,(H2,18,22). The smallest absolute Gasteiger partial charge is 0.181 e. The molecule has 0 amide bonds. The van der Waals surface area contributed by atoms with Crippen LogP contribution in [-0.4, -0.2) is 19.9 Å². The highest BCUT2D eigenvalue weighted by atomic mass is 32.1. The highest BCUT2D eigenvalue weighted by molar-refractivity contribution is 7.19. The fourth-order valence-electron chi connectivity index (χ4n) is 2.49. The van der Waals surface area contributed by atoms with Gasteiger partial charge in [-0.05, 0) is 31.2 Å². The van der Waals surface area contributed by atoms with Gasteiger partial charge < -0.3 is 5.73 Å². The number of nitrogen functional groups attached to an aromatic ring is 1. The minimum atomic E-state index is 0.526. The predicted molar refractivity (Wildman–Crippen MR) is 93.0 cm³/mol. The van der Waals surface area contributed by atoms with E-state index in [1.54, 1.807) is 12.4 Å². The molecule has 0 aliphatic carbocycles. The highest BCUT2D eigenvalue weighted by Crippen LogP contribution is 2.37. The number of nitrogens with two attached hydrogens (primary N) is 1. The van der Waals surface area contributed by atoms with E-state index in [0.717, 1.165) is 38.6 Å². The van der Waals surface area contributed by atoms with Gasteiger partial charge in [0.1, 0.15) is 0 Å². The average molecular weight is 319 g/mol. The quantitative estimate of drug-likeness (QED) is 0.609. The van der Waals surface area contributed by atoms with Gasteiger partial charge in [-0.2, -0.15) is 0 Å². The zero-order valence-corrected chi connectivity index (χ0v) is 13.2. The molecule has 0 spiro atoms. The molecule has 0 aliphatic rings. The van der Waals surface area contributed by atoms with Crippen LogP contribution in [0, 0.1) is 6.92 Å². The van der Waals surface area contributed by atoms with Crippen LogP contribution in [0.4, 0.5) is 5.13 Å². The molecule has 0 radical (unpaired) electrons. The summed E-state index contributed by atoms with van der Waals surface area (Å²) in [7, 11) is 0. The summed E-state index contributed by atoms with van der Waals surface area (Å²) in [6.45, 7) is 1.97. The molecule has 3 aromatic heterocycles. The fraction of sp³-hybridized carbons (Fsp3) is 0.0588. The van der Waals surface area contributed by atoms with Gasteiger partial charge in [-0.25, -0.2) is 4.98 Å². The number of aryl methyl sites for hydroxylation is 1. The van der Waals surface area contributed by atoms with Crippen molar-refractivity contribution in [3.05, 3.63) is 54.5 Å². The molecule has 0 saturated carbocycles. The maximum Gasteiger partial charge on any atom is 0.181 e. The van der Waals surface area contributed by atoms with E-state index in [-0.39, 0.29) is 0 Å². The summed E-state index contributed by atoms with van der Waals surface area (Å²) in [5.74, 6) is 0. The van der Waals surface area contributed by atoms with E-state index in [0.29, 0.717) is 5.13 Å². The number of nitrogens with zero attached hydrogens (tertiary/aromatic N) is 4. The third-order valence-corrected chi connectivity index (χ3v) is 4.41. The van der Waals surface area contributed by atoms with Gasteiger partial charge in [0, 0.05) is 23.7 Å². The molecule has 4 aromatic rings. The van der Waals surface area contributed by atoms with Crippen LogP contribution in [0.2, 0.25) is 0 Å². The number of fused-ring (bicyclic) bond motifs is 1. The second kappa shape index (κ2) is 5.40. The third kappa shape index (κ3) is 2.53. The number of thiazole rings is 1. The molecule has 23 heavy (non-hydrogen) atoms. The van der Waals surface area contributed by atoms with Crippen molar-refractivity contribution >= 4 is 27.5 Å². The maximum atomic E-state index is 5.96. The Morgan fingerprint density at radius 1 is 0.957 bits per heavy atom. The Morgan fingerprint density at radius 3 is 2.61 bits per heavy atom. The van der Waals surface area contributed by atoms with Crippen LogP contribution < -0.4 is 5.73 Å². The van der Waals surface area contributed by atoms with Crippen molar-refractivity contribution in [2.24, 2.45) is 0 Å². The highest BCUT2D eigenvalue weighted by Gasteiger charge is 2.15. The molecule has 0 saturated heterocycles. The lowest BCUT2D eigenvalue weighted by Gasteiger charge is -2.04. The van der Waals surface area contributed by atoms with Crippen molar-refractivity contribution in [2.45, 2.75) is 6.92 Å². The summed E-state index contributed by atoms with van der Waals surface area (Å²) in [6, 6.07) is 11.9. The molecule has 2 N–H and O–H groups in total. The lowest BCUT2D eigenvalue weighted by atomic mass is 10.1. The van der Waals surface area contributed by atoms with Crippen molar-refractivity contribution in [2.75, 3.05) is 5.73 Å². The minimum Gasteiger partial charge on any atom is -0.375 e. The van der Waals surface area contributed by atoms with Gasteiger partial charge in [0.2, 0.25) is 0 Å². The molecule has 3 heterocycles. The average Bonchev–Trinajstić information content (AvgIpc) is 2.96. The van der Waals surface area contributed by atoms with E-state index in [1.807, 2.05) is 43.3 Å². The van der Waals surface area contributed by atoms with Crippen molar-refractivity contribution < 1.29 is 0 Å². The minimum absolute atomic E-state index is 0.526. The number of hydrogen-bond acceptors (Lipinski definition) is 6. The van der Waals surface area contributed by atoms with Gasteiger partial charge >= 0.3 is 0 Å². The zero-order chi connectivity index (χ0) is 15.8. The molecule has 0 bridgehead atoms. The second-order valence-electron chi connectivity index (χ2n) is 5.15. The molecule has 5 nitrogen and oxygen atoms in total. The molecule has 0 atom stereocenters. The van der Waals surface area contributed by atoms with E-state index in [9.17, 15) is 0 Å².